The van der Waals surface area contributed by atoms with Crippen LogP contribution in [-0.4, -0.2) is 43.3 Å². The number of hydrogen-bond acceptors (Lipinski definition) is 3. The van der Waals surface area contributed by atoms with Crippen LogP contribution in [0.2, 0.25) is 0 Å². The molecule has 3 atom stereocenters. The van der Waals surface area contributed by atoms with E-state index < -0.39 is 0 Å². The lowest BCUT2D eigenvalue weighted by Gasteiger charge is -2.41. The first-order chi connectivity index (χ1) is 8.26. The van der Waals surface area contributed by atoms with Crippen molar-refractivity contribution in [1.82, 2.24) is 4.90 Å². The Morgan fingerprint density at radius 2 is 2.00 bits per heavy atom. The second kappa shape index (κ2) is 6.17. The molecule has 0 aromatic rings. The number of hydrogen-bond donors (Lipinski definition) is 1. The van der Waals surface area contributed by atoms with Gasteiger partial charge in [-0.05, 0) is 38.0 Å². The molecular formula is C14H28N2O. The molecule has 3 nitrogen and oxygen atoms in total. The van der Waals surface area contributed by atoms with E-state index in [4.69, 9.17) is 10.5 Å². The Morgan fingerprint density at radius 3 is 2.59 bits per heavy atom. The molecule has 0 heterocycles. The molecule has 0 amide bonds. The van der Waals surface area contributed by atoms with Gasteiger partial charge in [0.1, 0.15) is 0 Å². The van der Waals surface area contributed by atoms with Crippen LogP contribution in [-0.2, 0) is 4.74 Å². The van der Waals surface area contributed by atoms with Crippen molar-refractivity contribution < 1.29 is 4.74 Å². The fraction of sp³-hybridized carbons (Fsp3) is 1.00. The lowest BCUT2D eigenvalue weighted by Crippen LogP contribution is -2.53. The minimum Gasteiger partial charge on any atom is -0.383 e. The second-order valence-electron chi connectivity index (χ2n) is 5.78. The van der Waals surface area contributed by atoms with Crippen LogP contribution in [0, 0.1) is 5.92 Å². The second-order valence-corrected chi connectivity index (χ2v) is 5.78. The van der Waals surface area contributed by atoms with Crippen molar-refractivity contribution in [2.75, 3.05) is 20.3 Å². The Labute approximate surface area is 106 Å². The van der Waals surface area contributed by atoms with Gasteiger partial charge in [0.05, 0.1) is 6.61 Å². The van der Waals surface area contributed by atoms with Gasteiger partial charge in [0.25, 0.3) is 0 Å². The largest absolute Gasteiger partial charge is 0.383 e. The average molecular weight is 240 g/mol. The van der Waals surface area contributed by atoms with E-state index >= 15 is 0 Å². The third kappa shape index (κ3) is 3.43. The maximum Gasteiger partial charge on any atom is 0.0589 e. The molecule has 3 unspecified atom stereocenters. The van der Waals surface area contributed by atoms with Crippen LogP contribution in [0.25, 0.3) is 0 Å². The standard InChI is InChI=1S/C14H28N2O/c1-3-11-4-7-13(15)14(10-11)16(8-9-17-2)12-5-6-12/h11-14H,3-10,15H2,1-2H3. The molecule has 2 aliphatic rings. The predicted molar refractivity (Wildman–Crippen MR) is 71.0 cm³/mol. The van der Waals surface area contributed by atoms with Gasteiger partial charge in [-0.3, -0.25) is 4.90 Å². The van der Waals surface area contributed by atoms with Crippen LogP contribution in [0.1, 0.15) is 45.4 Å². The monoisotopic (exact) mass is 240 g/mol. The fourth-order valence-electron chi connectivity index (χ4n) is 3.23. The van der Waals surface area contributed by atoms with Gasteiger partial charge in [-0.25, -0.2) is 0 Å². The Balaban J connectivity index is 1.94. The summed E-state index contributed by atoms with van der Waals surface area (Å²) in [5.74, 6) is 0.892. The molecule has 2 aliphatic carbocycles. The van der Waals surface area contributed by atoms with Gasteiger partial charge in [-0.15, -0.1) is 0 Å². The predicted octanol–water partition coefficient (Wildman–Crippen LogP) is 2.00. The lowest BCUT2D eigenvalue weighted by molar-refractivity contribution is 0.0708. The van der Waals surface area contributed by atoms with Crippen molar-refractivity contribution in [1.29, 1.82) is 0 Å². The number of nitrogens with zero attached hydrogens (tertiary/aromatic N) is 1. The van der Waals surface area contributed by atoms with Crippen LogP contribution in [0.5, 0.6) is 0 Å². The molecule has 2 saturated carbocycles. The molecule has 0 radical (unpaired) electrons. The molecular weight excluding hydrogens is 212 g/mol. The Kier molecular flexibility index (Phi) is 4.83. The minimum atomic E-state index is 0.384. The molecule has 3 heteroatoms. The van der Waals surface area contributed by atoms with Crippen molar-refractivity contribution in [3.05, 3.63) is 0 Å². The molecule has 0 spiro atoms. The number of ether oxygens (including phenoxy) is 1. The van der Waals surface area contributed by atoms with Gasteiger partial charge in [0.2, 0.25) is 0 Å². The van der Waals surface area contributed by atoms with E-state index in [-0.39, 0.29) is 0 Å². The maximum atomic E-state index is 6.35. The summed E-state index contributed by atoms with van der Waals surface area (Å²) in [5.41, 5.74) is 6.35. The normalized spacial score (nSPS) is 34.2. The molecule has 2 rings (SSSR count). The summed E-state index contributed by atoms with van der Waals surface area (Å²) in [5, 5.41) is 0. The first kappa shape index (κ1) is 13.3. The number of rotatable bonds is 6. The zero-order valence-corrected chi connectivity index (χ0v) is 11.4. The SMILES string of the molecule is CCC1CCC(N)C(N(CCOC)C2CC2)C1. The molecule has 0 aromatic heterocycles. The van der Waals surface area contributed by atoms with E-state index in [0.717, 1.165) is 25.1 Å². The van der Waals surface area contributed by atoms with Crippen LogP contribution in [0.15, 0.2) is 0 Å². The molecule has 0 saturated heterocycles. The third-order valence-corrected chi connectivity index (χ3v) is 4.55. The maximum absolute atomic E-state index is 6.35. The van der Waals surface area contributed by atoms with E-state index in [1.807, 2.05) is 0 Å². The van der Waals surface area contributed by atoms with Crippen LogP contribution in [0.3, 0.4) is 0 Å². The van der Waals surface area contributed by atoms with Gasteiger partial charge in [-0.2, -0.15) is 0 Å². The molecule has 0 bridgehead atoms. The number of methoxy groups -OCH3 is 1. The average Bonchev–Trinajstić information content (AvgIpc) is 3.16. The van der Waals surface area contributed by atoms with Gasteiger partial charge < -0.3 is 10.5 Å². The summed E-state index contributed by atoms with van der Waals surface area (Å²) < 4.78 is 5.25. The first-order valence-corrected chi connectivity index (χ1v) is 7.26. The van der Waals surface area contributed by atoms with Crippen molar-refractivity contribution in [2.45, 2.75) is 63.6 Å². The summed E-state index contributed by atoms with van der Waals surface area (Å²) in [6.45, 7) is 4.22. The van der Waals surface area contributed by atoms with Crippen molar-refractivity contribution in [3.8, 4) is 0 Å². The summed E-state index contributed by atoms with van der Waals surface area (Å²) in [6.07, 6.45) is 7.88. The van der Waals surface area contributed by atoms with Crippen LogP contribution >= 0.6 is 0 Å². The first-order valence-electron chi connectivity index (χ1n) is 7.26. The van der Waals surface area contributed by atoms with Crippen molar-refractivity contribution >= 4 is 0 Å². The highest BCUT2D eigenvalue weighted by atomic mass is 16.5. The van der Waals surface area contributed by atoms with Gasteiger partial charge in [0.15, 0.2) is 0 Å². The molecule has 0 aliphatic heterocycles. The minimum absolute atomic E-state index is 0.384. The van der Waals surface area contributed by atoms with E-state index in [1.54, 1.807) is 7.11 Å². The van der Waals surface area contributed by atoms with E-state index in [2.05, 4.69) is 11.8 Å². The fourth-order valence-corrected chi connectivity index (χ4v) is 3.23. The van der Waals surface area contributed by atoms with Gasteiger partial charge in [-0.1, -0.05) is 13.3 Å². The van der Waals surface area contributed by atoms with Crippen molar-refractivity contribution in [3.63, 3.8) is 0 Å². The van der Waals surface area contributed by atoms with E-state index in [1.165, 1.54) is 38.5 Å². The van der Waals surface area contributed by atoms with E-state index in [0.29, 0.717) is 12.1 Å². The quantitative estimate of drug-likeness (QED) is 0.772. The van der Waals surface area contributed by atoms with Gasteiger partial charge in [0, 0.05) is 31.8 Å². The molecule has 2 N–H and O–H groups in total. The molecule has 2 fully saturated rings. The third-order valence-electron chi connectivity index (χ3n) is 4.55. The summed E-state index contributed by atoms with van der Waals surface area (Å²) in [6, 6.07) is 1.79. The Morgan fingerprint density at radius 1 is 1.24 bits per heavy atom. The molecule has 100 valence electrons. The Hall–Kier alpha value is -0.120. The van der Waals surface area contributed by atoms with Gasteiger partial charge >= 0.3 is 0 Å². The number of nitrogens with two attached hydrogens (primary N) is 1. The summed E-state index contributed by atoms with van der Waals surface area (Å²) in [4.78, 5) is 2.65. The summed E-state index contributed by atoms with van der Waals surface area (Å²) >= 11 is 0. The highest BCUT2D eigenvalue weighted by Crippen LogP contribution is 2.35. The zero-order chi connectivity index (χ0) is 12.3. The van der Waals surface area contributed by atoms with Crippen LogP contribution in [0.4, 0.5) is 0 Å². The highest BCUT2D eigenvalue weighted by molar-refractivity contribution is 4.95. The molecule has 17 heavy (non-hydrogen) atoms. The van der Waals surface area contributed by atoms with E-state index in [9.17, 15) is 0 Å². The summed E-state index contributed by atoms with van der Waals surface area (Å²) in [7, 11) is 1.79. The topological polar surface area (TPSA) is 38.5 Å². The zero-order valence-electron chi connectivity index (χ0n) is 11.4. The smallest absolute Gasteiger partial charge is 0.0589 e. The van der Waals surface area contributed by atoms with Crippen LogP contribution < -0.4 is 5.73 Å². The molecule has 0 aromatic carbocycles. The van der Waals surface area contributed by atoms with Crippen molar-refractivity contribution in [2.24, 2.45) is 11.7 Å². The lowest BCUT2D eigenvalue weighted by atomic mass is 9.80. The highest BCUT2D eigenvalue weighted by Gasteiger charge is 2.38. The Bertz CT molecular complexity index is 230.